The van der Waals surface area contributed by atoms with E-state index in [1.165, 1.54) is 12.1 Å². The number of nitrogens with one attached hydrogen (secondary N) is 1. The highest BCUT2D eigenvalue weighted by Gasteiger charge is 2.22. The Kier molecular flexibility index (Phi) is 5.50. The molecule has 0 fully saturated rings. The Morgan fingerprint density at radius 1 is 1.05 bits per heavy atom. The van der Waals surface area contributed by atoms with E-state index in [0.717, 1.165) is 31.6 Å². The quantitative estimate of drug-likeness (QED) is 0.796. The van der Waals surface area contributed by atoms with Gasteiger partial charge in [-0.05, 0) is 36.1 Å². The van der Waals surface area contributed by atoms with Crippen molar-refractivity contribution in [3.05, 3.63) is 35.6 Å². The third-order valence-electron chi connectivity index (χ3n) is 3.62. The fourth-order valence-electron chi connectivity index (χ4n) is 2.20. The number of nitrogens with two attached hydrogens (primary N) is 1. The summed E-state index contributed by atoms with van der Waals surface area (Å²) in [6, 6.07) is 6.77. The van der Waals surface area contributed by atoms with E-state index in [-0.39, 0.29) is 16.6 Å². The standard InChI is InChI=1S/C16H27FN2/c1-15(2,9-10-18)11-19-12-16(3,4)13-5-7-14(17)8-6-13/h5-8,19H,9-12,18H2,1-4H3. The summed E-state index contributed by atoms with van der Waals surface area (Å²) in [6.45, 7) is 11.3. The molecule has 0 aliphatic rings. The van der Waals surface area contributed by atoms with Gasteiger partial charge in [-0.25, -0.2) is 4.39 Å². The minimum absolute atomic E-state index is 0.00745. The number of hydrogen-bond acceptors (Lipinski definition) is 2. The molecule has 0 aliphatic heterocycles. The molecule has 0 spiro atoms. The van der Waals surface area contributed by atoms with E-state index in [4.69, 9.17) is 5.73 Å². The molecule has 0 heterocycles. The van der Waals surface area contributed by atoms with Crippen LogP contribution >= 0.6 is 0 Å². The van der Waals surface area contributed by atoms with Crippen molar-refractivity contribution in [2.75, 3.05) is 19.6 Å². The molecule has 0 amide bonds. The Labute approximate surface area is 116 Å². The van der Waals surface area contributed by atoms with Crippen LogP contribution in [0.5, 0.6) is 0 Å². The Hall–Kier alpha value is -0.930. The third-order valence-corrected chi connectivity index (χ3v) is 3.62. The number of hydrogen-bond donors (Lipinski definition) is 2. The van der Waals surface area contributed by atoms with Crippen molar-refractivity contribution in [2.24, 2.45) is 11.1 Å². The summed E-state index contributed by atoms with van der Waals surface area (Å²) >= 11 is 0. The predicted molar refractivity (Wildman–Crippen MR) is 79.7 cm³/mol. The second kappa shape index (κ2) is 6.49. The van der Waals surface area contributed by atoms with Crippen molar-refractivity contribution in [2.45, 2.75) is 39.5 Å². The van der Waals surface area contributed by atoms with Crippen molar-refractivity contribution in [1.82, 2.24) is 5.32 Å². The first-order chi connectivity index (χ1) is 8.77. The normalized spacial score (nSPS) is 12.7. The zero-order valence-corrected chi connectivity index (χ0v) is 12.6. The van der Waals surface area contributed by atoms with Crippen LogP contribution in [-0.2, 0) is 5.41 Å². The van der Waals surface area contributed by atoms with Crippen LogP contribution < -0.4 is 11.1 Å². The Bertz CT molecular complexity index is 382. The maximum Gasteiger partial charge on any atom is 0.123 e. The van der Waals surface area contributed by atoms with Crippen LogP contribution in [0.15, 0.2) is 24.3 Å². The first-order valence-corrected chi connectivity index (χ1v) is 6.94. The first-order valence-electron chi connectivity index (χ1n) is 6.94. The number of halogens is 1. The van der Waals surface area contributed by atoms with Crippen LogP contribution in [0, 0.1) is 11.2 Å². The van der Waals surface area contributed by atoms with Gasteiger partial charge in [0.25, 0.3) is 0 Å². The van der Waals surface area contributed by atoms with Gasteiger partial charge in [0.1, 0.15) is 5.82 Å². The van der Waals surface area contributed by atoms with Crippen LogP contribution in [-0.4, -0.2) is 19.6 Å². The zero-order chi connectivity index (χ0) is 14.5. The van der Waals surface area contributed by atoms with Gasteiger partial charge < -0.3 is 11.1 Å². The summed E-state index contributed by atoms with van der Waals surface area (Å²) in [5.74, 6) is -0.184. The molecule has 0 aromatic heterocycles. The van der Waals surface area contributed by atoms with E-state index < -0.39 is 0 Å². The summed E-state index contributed by atoms with van der Waals surface area (Å²) < 4.78 is 12.9. The minimum Gasteiger partial charge on any atom is -0.330 e. The van der Waals surface area contributed by atoms with E-state index in [2.05, 4.69) is 33.0 Å². The monoisotopic (exact) mass is 266 g/mol. The first kappa shape index (κ1) is 16.1. The highest BCUT2D eigenvalue weighted by molar-refractivity contribution is 5.24. The van der Waals surface area contributed by atoms with Crippen molar-refractivity contribution in [3.8, 4) is 0 Å². The highest BCUT2D eigenvalue weighted by Crippen LogP contribution is 2.23. The molecule has 3 heteroatoms. The second-order valence-corrected chi connectivity index (χ2v) is 6.70. The van der Waals surface area contributed by atoms with Crippen LogP contribution in [0.2, 0.25) is 0 Å². The zero-order valence-electron chi connectivity index (χ0n) is 12.6. The number of rotatable bonds is 7. The van der Waals surface area contributed by atoms with E-state index in [0.29, 0.717) is 0 Å². The van der Waals surface area contributed by atoms with Gasteiger partial charge in [-0.3, -0.25) is 0 Å². The molecule has 1 aromatic rings. The second-order valence-electron chi connectivity index (χ2n) is 6.70. The van der Waals surface area contributed by atoms with Crippen LogP contribution in [0.3, 0.4) is 0 Å². The maximum atomic E-state index is 12.9. The molecular weight excluding hydrogens is 239 g/mol. The molecule has 0 saturated heterocycles. The van der Waals surface area contributed by atoms with Gasteiger partial charge in [0.2, 0.25) is 0 Å². The Morgan fingerprint density at radius 2 is 1.63 bits per heavy atom. The third kappa shape index (κ3) is 5.29. The van der Waals surface area contributed by atoms with Gasteiger partial charge in [0, 0.05) is 18.5 Å². The van der Waals surface area contributed by atoms with Crippen molar-refractivity contribution < 1.29 is 4.39 Å². The SMILES string of the molecule is CC(C)(CCN)CNCC(C)(C)c1ccc(F)cc1. The molecule has 19 heavy (non-hydrogen) atoms. The molecule has 1 aromatic carbocycles. The predicted octanol–water partition coefficient (Wildman–Crippen LogP) is 3.07. The van der Waals surface area contributed by atoms with E-state index in [9.17, 15) is 4.39 Å². The van der Waals surface area contributed by atoms with Gasteiger partial charge >= 0.3 is 0 Å². The summed E-state index contributed by atoms with van der Waals surface area (Å²) in [5, 5.41) is 3.51. The lowest BCUT2D eigenvalue weighted by Gasteiger charge is -2.30. The van der Waals surface area contributed by atoms with Gasteiger partial charge in [0.15, 0.2) is 0 Å². The van der Waals surface area contributed by atoms with Gasteiger partial charge in [-0.2, -0.15) is 0 Å². The highest BCUT2D eigenvalue weighted by atomic mass is 19.1. The average Bonchev–Trinajstić information content (AvgIpc) is 2.28. The average molecular weight is 266 g/mol. The van der Waals surface area contributed by atoms with Crippen LogP contribution in [0.4, 0.5) is 4.39 Å². The Balaban J connectivity index is 2.53. The van der Waals surface area contributed by atoms with Crippen LogP contribution in [0.1, 0.15) is 39.7 Å². The fourth-order valence-corrected chi connectivity index (χ4v) is 2.20. The smallest absolute Gasteiger partial charge is 0.123 e. The molecule has 1 rings (SSSR count). The molecule has 0 radical (unpaired) electrons. The number of benzene rings is 1. The summed E-state index contributed by atoms with van der Waals surface area (Å²) in [6.07, 6.45) is 1.01. The fraction of sp³-hybridized carbons (Fsp3) is 0.625. The largest absolute Gasteiger partial charge is 0.330 e. The van der Waals surface area contributed by atoms with Crippen molar-refractivity contribution in [3.63, 3.8) is 0 Å². The molecule has 0 saturated carbocycles. The lowest BCUT2D eigenvalue weighted by atomic mass is 9.83. The van der Waals surface area contributed by atoms with Gasteiger partial charge in [-0.15, -0.1) is 0 Å². The van der Waals surface area contributed by atoms with Crippen LogP contribution in [0.25, 0.3) is 0 Å². The van der Waals surface area contributed by atoms with E-state index >= 15 is 0 Å². The maximum absolute atomic E-state index is 12.9. The molecular formula is C16H27FN2. The van der Waals surface area contributed by atoms with Gasteiger partial charge in [-0.1, -0.05) is 39.8 Å². The molecule has 2 nitrogen and oxygen atoms in total. The summed E-state index contributed by atoms with van der Waals surface area (Å²) in [7, 11) is 0. The topological polar surface area (TPSA) is 38.0 Å². The molecule has 0 unspecified atom stereocenters. The lowest BCUT2D eigenvalue weighted by Crippen LogP contribution is -2.38. The molecule has 3 N–H and O–H groups in total. The lowest BCUT2D eigenvalue weighted by molar-refractivity contribution is 0.305. The van der Waals surface area contributed by atoms with Crippen molar-refractivity contribution >= 4 is 0 Å². The molecule has 108 valence electrons. The Morgan fingerprint density at radius 3 is 2.16 bits per heavy atom. The van der Waals surface area contributed by atoms with E-state index in [1.54, 1.807) is 0 Å². The van der Waals surface area contributed by atoms with Gasteiger partial charge in [0.05, 0.1) is 0 Å². The molecule has 0 atom stereocenters. The van der Waals surface area contributed by atoms with E-state index in [1.807, 2.05) is 12.1 Å². The summed E-state index contributed by atoms with van der Waals surface area (Å²) in [4.78, 5) is 0. The molecule has 0 aliphatic carbocycles. The summed E-state index contributed by atoms with van der Waals surface area (Å²) in [5.41, 5.74) is 6.97. The molecule has 0 bridgehead atoms. The van der Waals surface area contributed by atoms with Crippen molar-refractivity contribution in [1.29, 1.82) is 0 Å². The minimum atomic E-state index is -0.184.